The summed E-state index contributed by atoms with van der Waals surface area (Å²) in [4.78, 5) is 10.9. The molecule has 2 nitrogen and oxygen atoms in total. The number of fused-ring (bicyclic) bond motifs is 1. The van der Waals surface area contributed by atoms with Gasteiger partial charge in [-0.2, -0.15) is 0 Å². The van der Waals surface area contributed by atoms with E-state index in [-0.39, 0.29) is 0 Å². The van der Waals surface area contributed by atoms with Gasteiger partial charge in [-0.1, -0.05) is 36.4 Å². The SMILES string of the molecule is Cc1ccc2ccccc2c1C([O])=O. The summed E-state index contributed by atoms with van der Waals surface area (Å²) >= 11 is 0. The first-order valence-electron chi connectivity index (χ1n) is 4.40. The molecule has 0 fully saturated rings. The van der Waals surface area contributed by atoms with E-state index in [9.17, 15) is 9.90 Å². The standard InChI is InChI=1S/C12H9O2/c1-8-6-7-9-4-2-3-5-10(9)11(8)12(13)14/h2-7H,1H3. The largest absolute Gasteiger partial charge is 0.387 e. The van der Waals surface area contributed by atoms with Crippen molar-refractivity contribution in [1.29, 1.82) is 0 Å². The fourth-order valence-electron chi connectivity index (χ4n) is 1.65. The van der Waals surface area contributed by atoms with Gasteiger partial charge in [0.15, 0.2) is 0 Å². The molecule has 0 aliphatic carbocycles. The summed E-state index contributed by atoms with van der Waals surface area (Å²) in [7, 11) is 0. The first kappa shape index (κ1) is 8.75. The van der Waals surface area contributed by atoms with Crippen LogP contribution in [0.4, 0.5) is 0 Å². The molecule has 0 aliphatic rings. The highest BCUT2D eigenvalue weighted by molar-refractivity contribution is 6.04. The van der Waals surface area contributed by atoms with Crippen molar-refractivity contribution in [3.05, 3.63) is 47.5 Å². The van der Waals surface area contributed by atoms with Gasteiger partial charge in [0.05, 0.1) is 5.56 Å². The topological polar surface area (TPSA) is 37.0 Å². The van der Waals surface area contributed by atoms with E-state index in [1.54, 1.807) is 19.1 Å². The zero-order valence-electron chi connectivity index (χ0n) is 7.78. The normalized spacial score (nSPS) is 10.4. The molecule has 2 rings (SSSR count). The highest BCUT2D eigenvalue weighted by atomic mass is 16.4. The van der Waals surface area contributed by atoms with E-state index in [1.807, 2.05) is 24.3 Å². The highest BCUT2D eigenvalue weighted by Gasteiger charge is 2.12. The molecule has 1 radical (unpaired) electrons. The van der Waals surface area contributed by atoms with E-state index in [2.05, 4.69) is 0 Å². The van der Waals surface area contributed by atoms with Gasteiger partial charge in [0.25, 0.3) is 0 Å². The average Bonchev–Trinajstić information content (AvgIpc) is 2.17. The minimum Gasteiger partial charge on any atom is -0.241 e. The molecule has 0 aromatic heterocycles. The zero-order valence-corrected chi connectivity index (χ0v) is 7.78. The third-order valence-corrected chi connectivity index (χ3v) is 2.34. The summed E-state index contributed by atoms with van der Waals surface area (Å²) in [5.41, 5.74) is 1.03. The number of rotatable bonds is 1. The second-order valence-corrected chi connectivity index (χ2v) is 3.27. The Kier molecular flexibility index (Phi) is 1.97. The van der Waals surface area contributed by atoms with Crippen molar-refractivity contribution in [2.45, 2.75) is 6.92 Å². The minimum atomic E-state index is -1.11. The lowest BCUT2D eigenvalue weighted by molar-refractivity contribution is 0.0575. The monoisotopic (exact) mass is 185 g/mol. The molecule has 0 aliphatic heterocycles. The van der Waals surface area contributed by atoms with Crippen molar-refractivity contribution in [1.82, 2.24) is 0 Å². The Hall–Kier alpha value is -1.83. The summed E-state index contributed by atoms with van der Waals surface area (Å²) in [6, 6.07) is 11.1. The third kappa shape index (κ3) is 1.25. The van der Waals surface area contributed by atoms with Crippen LogP contribution in [0.1, 0.15) is 15.9 Å². The van der Waals surface area contributed by atoms with Gasteiger partial charge in [-0.3, -0.25) is 0 Å². The van der Waals surface area contributed by atoms with Gasteiger partial charge in [0, 0.05) is 0 Å². The predicted octanol–water partition coefficient (Wildman–Crippen LogP) is 2.72. The van der Waals surface area contributed by atoms with Crippen LogP contribution in [0.3, 0.4) is 0 Å². The van der Waals surface area contributed by atoms with Crippen LogP contribution in [0, 0.1) is 6.92 Å². The molecule has 0 spiro atoms. The predicted molar refractivity (Wildman–Crippen MR) is 53.7 cm³/mol. The summed E-state index contributed by atoms with van der Waals surface area (Å²) in [5.74, 6) is -1.11. The van der Waals surface area contributed by atoms with Gasteiger partial charge in [-0.25, -0.2) is 9.90 Å². The molecule has 14 heavy (non-hydrogen) atoms. The van der Waals surface area contributed by atoms with Crippen LogP contribution in [0.2, 0.25) is 0 Å². The van der Waals surface area contributed by atoms with Crippen LogP contribution < -0.4 is 0 Å². The van der Waals surface area contributed by atoms with Crippen molar-refractivity contribution in [2.75, 3.05) is 0 Å². The van der Waals surface area contributed by atoms with Crippen LogP contribution in [-0.4, -0.2) is 5.97 Å². The maximum absolute atomic E-state index is 10.9. The minimum absolute atomic E-state index is 0.295. The molecule has 0 atom stereocenters. The van der Waals surface area contributed by atoms with Crippen LogP contribution in [0.5, 0.6) is 0 Å². The molecule has 2 heteroatoms. The number of hydrogen-bond donors (Lipinski definition) is 0. The van der Waals surface area contributed by atoms with Gasteiger partial charge >= 0.3 is 5.97 Å². The lowest BCUT2D eigenvalue weighted by Gasteiger charge is -2.03. The summed E-state index contributed by atoms with van der Waals surface area (Å²) in [5, 5.41) is 12.6. The Morgan fingerprint density at radius 2 is 1.79 bits per heavy atom. The van der Waals surface area contributed by atoms with Crippen molar-refractivity contribution in [2.24, 2.45) is 0 Å². The Morgan fingerprint density at radius 3 is 2.50 bits per heavy atom. The maximum atomic E-state index is 10.9. The molecular formula is C12H9O2. The summed E-state index contributed by atoms with van der Waals surface area (Å²) < 4.78 is 0. The fraction of sp³-hybridized carbons (Fsp3) is 0.0833. The summed E-state index contributed by atoms with van der Waals surface area (Å²) in [6.07, 6.45) is 0. The van der Waals surface area contributed by atoms with E-state index in [1.165, 1.54) is 0 Å². The van der Waals surface area contributed by atoms with E-state index in [0.29, 0.717) is 5.56 Å². The molecule has 69 valence electrons. The first-order chi connectivity index (χ1) is 6.70. The Bertz CT molecular complexity index is 501. The van der Waals surface area contributed by atoms with Gasteiger partial charge in [0.1, 0.15) is 0 Å². The summed E-state index contributed by atoms with van der Waals surface area (Å²) in [6.45, 7) is 1.78. The molecular weight excluding hydrogens is 176 g/mol. The Labute approximate surface area is 81.8 Å². The second-order valence-electron chi connectivity index (χ2n) is 3.27. The van der Waals surface area contributed by atoms with Crippen molar-refractivity contribution in [3.8, 4) is 0 Å². The van der Waals surface area contributed by atoms with E-state index >= 15 is 0 Å². The van der Waals surface area contributed by atoms with Gasteiger partial charge in [0.2, 0.25) is 0 Å². The first-order valence-corrected chi connectivity index (χ1v) is 4.40. The second kappa shape index (κ2) is 3.14. The van der Waals surface area contributed by atoms with Crippen LogP contribution in [0.15, 0.2) is 36.4 Å². The zero-order chi connectivity index (χ0) is 10.1. The Morgan fingerprint density at radius 1 is 1.07 bits per heavy atom. The van der Waals surface area contributed by atoms with Crippen LogP contribution in [0.25, 0.3) is 10.8 Å². The van der Waals surface area contributed by atoms with Crippen molar-refractivity contribution in [3.63, 3.8) is 0 Å². The molecule has 0 bridgehead atoms. The molecule has 0 heterocycles. The van der Waals surface area contributed by atoms with Gasteiger partial charge < -0.3 is 0 Å². The average molecular weight is 185 g/mol. The molecule has 0 amide bonds. The number of carbonyl (C=O) groups is 1. The fourth-order valence-corrected chi connectivity index (χ4v) is 1.65. The van der Waals surface area contributed by atoms with Crippen LogP contribution >= 0.6 is 0 Å². The van der Waals surface area contributed by atoms with Crippen molar-refractivity contribution < 1.29 is 9.90 Å². The smallest absolute Gasteiger partial charge is 0.241 e. The van der Waals surface area contributed by atoms with E-state index in [0.717, 1.165) is 16.3 Å². The number of aryl methyl sites for hydroxylation is 1. The van der Waals surface area contributed by atoms with E-state index in [4.69, 9.17) is 0 Å². The molecule has 2 aromatic rings. The van der Waals surface area contributed by atoms with Gasteiger partial charge in [-0.05, 0) is 23.3 Å². The molecule has 0 saturated heterocycles. The molecule has 0 unspecified atom stereocenters. The number of hydrogen-bond acceptors (Lipinski definition) is 1. The quantitative estimate of drug-likeness (QED) is 0.673. The molecule has 2 aromatic carbocycles. The maximum Gasteiger partial charge on any atom is 0.387 e. The third-order valence-electron chi connectivity index (χ3n) is 2.34. The number of carbonyl (C=O) groups excluding carboxylic acids is 1. The highest BCUT2D eigenvalue weighted by Crippen LogP contribution is 2.21. The number of benzene rings is 2. The Balaban J connectivity index is 2.90. The lowest BCUT2D eigenvalue weighted by atomic mass is 10.00. The lowest BCUT2D eigenvalue weighted by Crippen LogP contribution is -1.98. The van der Waals surface area contributed by atoms with Crippen LogP contribution in [-0.2, 0) is 5.11 Å². The molecule has 0 N–H and O–H groups in total. The molecule has 0 saturated carbocycles. The van der Waals surface area contributed by atoms with Crippen molar-refractivity contribution >= 4 is 16.7 Å². The van der Waals surface area contributed by atoms with E-state index < -0.39 is 5.97 Å². The van der Waals surface area contributed by atoms with Gasteiger partial charge in [-0.15, -0.1) is 0 Å².